The fourth-order valence-corrected chi connectivity index (χ4v) is 1.15. The Bertz CT molecular complexity index is 353. The number of ether oxygens (including phenoxy) is 1. The van der Waals surface area contributed by atoms with Crippen LogP contribution < -0.4 is 4.74 Å². The van der Waals surface area contributed by atoms with Crippen LogP contribution in [0.5, 0.6) is 5.88 Å². The zero-order valence-electron chi connectivity index (χ0n) is 7.75. The number of aldehydes is 1. The predicted octanol–water partition coefficient (Wildman–Crippen LogP) is 2.15. The minimum Gasteiger partial charge on any atom is -0.481 e. The number of halogens is 2. The van der Waals surface area contributed by atoms with Crippen molar-refractivity contribution in [2.45, 2.75) is 13.3 Å². The van der Waals surface area contributed by atoms with Crippen LogP contribution in [0.2, 0.25) is 0 Å². The first-order valence-electron chi connectivity index (χ1n) is 3.88. The summed E-state index contributed by atoms with van der Waals surface area (Å²) in [6, 6.07) is 0. The maximum atomic E-state index is 12.6. The normalized spacial score (nSPS) is 10.4. The van der Waals surface area contributed by atoms with E-state index < -0.39 is 12.0 Å². The Hall–Kier alpha value is -1.52. The van der Waals surface area contributed by atoms with Gasteiger partial charge in [-0.15, -0.1) is 0 Å². The molecule has 0 saturated heterocycles. The van der Waals surface area contributed by atoms with Crippen molar-refractivity contribution in [1.82, 2.24) is 4.98 Å². The van der Waals surface area contributed by atoms with Crippen LogP contribution >= 0.6 is 0 Å². The average Bonchev–Trinajstić information content (AvgIpc) is 2.17. The summed E-state index contributed by atoms with van der Waals surface area (Å²) in [5.74, 6) is -0.201. The van der Waals surface area contributed by atoms with Gasteiger partial charge in [0.05, 0.1) is 12.7 Å². The molecule has 0 bridgehead atoms. The van der Waals surface area contributed by atoms with Gasteiger partial charge in [0.1, 0.15) is 0 Å². The lowest BCUT2D eigenvalue weighted by atomic mass is 10.1. The number of aryl methyl sites for hydroxylation is 1. The SMILES string of the molecule is COc1ncc(C)c(C=O)c1C(F)F. The van der Waals surface area contributed by atoms with Gasteiger partial charge >= 0.3 is 0 Å². The zero-order valence-corrected chi connectivity index (χ0v) is 7.75. The van der Waals surface area contributed by atoms with Gasteiger partial charge in [-0.1, -0.05) is 0 Å². The highest BCUT2D eigenvalue weighted by atomic mass is 19.3. The van der Waals surface area contributed by atoms with Crippen molar-refractivity contribution in [3.05, 3.63) is 22.9 Å². The maximum Gasteiger partial charge on any atom is 0.269 e. The van der Waals surface area contributed by atoms with E-state index >= 15 is 0 Å². The number of rotatable bonds is 3. The molecule has 0 fully saturated rings. The van der Waals surface area contributed by atoms with Crippen molar-refractivity contribution in [3.8, 4) is 5.88 Å². The highest BCUT2D eigenvalue weighted by Gasteiger charge is 2.21. The number of alkyl halides is 2. The van der Waals surface area contributed by atoms with Crippen LogP contribution in [0, 0.1) is 6.92 Å². The van der Waals surface area contributed by atoms with Crippen LogP contribution in [0.15, 0.2) is 6.20 Å². The van der Waals surface area contributed by atoms with E-state index in [4.69, 9.17) is 0 Å². The molecule has 0 unspecified atom stereocenters. The molecule has 0 atom stereocenters. The van der Waals surface area contributed by atoms with E-state index in [1.54, 1.807) is 6.92 Å². The number of hydrogen-bond acceptors (Lipinski definition) is 3. The fourth-order valence-electron chi connectivity index (χ4n) is 1.15. The summed E-state index contributed by atoms with van der Waals surface area (Å²) in [5.41, 5.74) is -0.0783. The van der Waals surface area contributed by atoms with Gasteiger partial charge in [0.25, 0.3) is 6.43 Å². The van der Waals surface area contributed by atoms with Gasteiger partial charge in [-0.2, -0.15) is 0 Å². The second-order valence-corrected chi connectivity index (χ2v) is 2.70. The number of methoxy groups -OCH3 is 1. The van der Waals surface area contributed by atoms with Crippen LogP contribution in [-0.4, -0.2) is 18.4 Å². The van der Waals surface area contributed by atoms with E-state index in [1.807, 2.05) is 0 Å². The van der Waals surface area contributed by atoms with Gasteiger partial charge in [-0.05, 0) is 12.5 Å². The fraction of sp³-hybridized carbons (Fsp3) is 0.333. The molecule has 0 spiro atoms. The van der Waals surface area contributed by atoms with E-state index in [0.29, 0.717) is 11.8 Å². The monoisotopic (exact) mass is 201 g/mol. The summed E-state index contributed by atoms with van der Waals surface area (Å²) in [4.78, 5) is 14.3. The third-order valence-electron chi connectivity index (χ3n) is 1.85. The molecule has 0 radical (unpaired) electrons. The minimum atomic E-state index is -2.77. The minimum absolute atomic E-state index is 0.0492. The summed E-state index contributed by atoms with van der Waals surface area (Å²) in [7, 11) is 1.23. The molecule has 0 aliphatic carbocycles. The number of hydrogen-bond donors (Lipinski definition) is 0. The van der Waals surface area contributed by atoms with Crippen LogP contribution in [0.1, 0.15) is 27.9 Å². The first-order chi connectivity index (χ1) is 6.61. The highest BCUT2D eigenvalue weighted by Crippen LogP contribution is 2.30. The van der Waals surface area contributed by atoms with E-state index in [2.05, 4.69) is 9.72 Å². The van der Waals surface area contributed by atoms with Crippen molar-refractivity contribution >= 4 is 6.29 Å². The predicted molar refractivity (Wildman–Crippen MR) is 45.9 cm³/mol. The Morgan fingerprint density at radius 1 is 1.57 bits per heavy atom. The van der Waals surface area contributed by atoms with Crippen LogP contribution in [0.3, 0.4) is 0 Å². The van der Waals surface area contributed by atoms with Crippen LogP contribution in [-0.2, 0) is 0 Å². The smallest absolute Gasteiger partial charge is 0.269 e. The largest absolute Gasteiger partial charge is 0.481 e. The first-order valence-corrected chi connectivity index (χ1v) is 3.88. The lowest BCUT2D eigenvalue weighted by Gasteiger charge is -2.10. The molecule has 0 amide bonds. The lowest BCUT2D eigenvalue weighted by Crippen LogP contribution is -2.03. The Morgan fingerprint density at radius 2 is 2.21 bits per heavy atom. The summed E-state index contributed by atoms with van der Waals surface area (Å²) in [6.07, 6.45) is -1.05. The molecule has 0 N–H and O–H groups in total. The highest BCUT2D eigenvalue weighted by molar-refractivity contribution is 5.80. The van der Waals surface area contributed by atoms with Gasteiger partial charge in [0.2, 0.25) is 5.88 Å². The summed E-state index contributed by atoms with van der Waals surface area (Å²) in [6.45, 7) is 1.54. The number of aromatic nitrogens is 1. The molecular formula is C9H9F2NO2. The van der Waals surface area contributed by atoms with Gasteiger partial charge < -0.3 is 4.74 Å². The molecule has 5 heteroatoms. The zero-order chi connectivity index (χ0) is 10.7. The van der Waals surface area contributed by atoms with E-state index in [9.17, 15) is 13.6 Å². The molecule has 14 heavy (non-hydrogen) atoms. The van der Waals surface area contributed by atoms with Gasteiger partial charge in [-0.3, -0.25) is 4.79 Å². The van der Waals surface area contributed by atoms with Crippen molar-refractivity contribution in [1.29, 1.82) is 0 Å². The molecule has 76 valence electrons. The molecule has 0 saturated carbocycles. The summed E-state index contributed by atoms with van der Waals surface area (Å²) in [5, 5.41) is 0. The first kappa shape index (κ1) is 10.6. The molecule has 0 aromatic carbocycles. The van der Waals surface area contributed by atoms with Crippen LogP contribution in [0.4, 0.5) is 8.78 Å². The number of pyridine rings is 1. The van der Waals surface area contributed by atoms with Gasteiger partial charge in [0, 0.05) is 11.8 Å². The van der Waals surface area contributed by atoms with Crippen molar-refractivity contribution in [2.24, 2.45) is 0 Å². The Balaban J connectivity index is 3.43. The molecule has 1 aromatic rings. The van der Waals surface area contributed by atoms with Gasteiger partial charge in [0.15, 0.2) is 6.29 Å². The van der Waals surface area contributed by atoms with Crippen molar-refractivity contribution in [3.63, 3.8) is 0 Å². The van der Waals surface area contributed by atoms with Crippen molar-refractivity contribution in [2.75, 3.05) is 7.11 Å². The number of carbonyl (C=O) groups is 1. The van der Waals surface area contributed by atoms with Crippen molar-refractivity contribution < 1.29 is 18.3 Å². The molecule has 1 aromatic heterocycles. The standard InChI is InChI=1S/C9H9F2NO2/c1-5-3-12-9(14-2)7(8(10)11)6(5)4-13/h3-4,8H,1-2H3. The summed E-state index contributed by atoms with van der Waals surface area (Å²) >= 11 is 0. The number of nitrogens with zero attached hydrogens (tertiary/aromatic N) is 1. The lowest BCUT2D eigenvalue weighted by molar-refractivity contribution is 0.110. The Labute approximate surface area is 79.7 Å². The van der Waals surface area contributed by atoms with Gasteiger partial charge in [-0.25, -0.2) is 13.8 Å². The second-order valence-electron chi connectivity index (χ2n) is 2.70. The van der Waals surface area contributed by atoms with E-state index in [0.717, 1.165) is 0 Å². The van der Waals surface area contributed by atoms with E-state index in [-0.39, 0.29) is 11.4 Å². The van der Waals surface area contributed by atoms with E-state index in [1.165, 1.54) is 13.3 Å². The Kier molecular flexibility index (Phi) is 3.11. The number of carbonyl (C=O) groups excluding carboxylic acids is 1. The third kappa shape index (κ3) is 1.71. The molecule has 0 aliphatic heterocycles. The molecule has 1 rings (SSSR count). The average molecular weight is 201 g/mol. The molecule has 3 nitrogen and oxygen atoms in total. The second kappa shape index (κ2) is 4.13. The van der Waals surface area contributed by atoms with Crippen LogP contribution in [0.25, 0.3) is 0 Å². The summed E-state index contributed by atoms with van der Waals surface area (Å²) < 4.78 is 29.8. The third-order valence-corrected chi connectivity index (χ3v) is 1.85. The molecule has 1 heterocycles. The molecule has 0 aliphatic rings. The quantitative estimate of drug-likeness (QED) is 0.703. The topological polar surface area (TPSA) is 39.2 Å². The Morgan fingerprint density at radius 3 is 2.64 bits per heavy atom. The molecular weight excluding hydrogens is 192 g/mol. The maximum absolute atomic E-state index is 12.6.